The Bertz CT molecular complexity index is 389. The van der Waals surface area contributed by atoms with Crippen LogP contribution in [0.3, 0.4) is 0 Å². The maximum Gasteiger partial charge on any atom is 4.00 e. The minimum atomic E-state index is -0.981. The number of allylic oxidation sites excluding steroid dienone is 8. The summed E-state index contributed by atoms with van der Waals surface area (Å²) in [5.74, 6) is 0. The summed E-state index contributed by atoms with van der Waals surface area (Å²) in [6.45, 7) is 18.6. The number of hydrogen-bond donors (Lipinski definition) is 0. The molecule has 0 heterocycles. The van der Waals surface area contributed by atoms with Crippen LogP contribution in [0.4, 0.5) is 0 Å². The monoisotopic (exact) mass is 515 g/mol. The van der Waals surface area contributed by atoms with E-state index in [0.717, 1.165) is 22.4 Å². The van der Waals surface area contributed by atoms with Crippen molar-refractivity contribution in [2.24, 2.45) is 0 Å². The van der Waals surface area contributed by atoms with Crippen LogP contribution >= 0.6 is 0 Å². The van der Waals surface area contributed by atoms with Crippen LogP contribution in [-0.4, -0.2) is 25.7 Å². The first-order chi connectivity index (χ1) is 9.62. The molecule has 0 fully saturated rings. The van der Waals surface area contributed by atoms with E-state index in [2.05, 4.69) is 88.8 Å². The Labute approximate surface area is 165 Å². The molecular formula is C18H35HfSi3. The molecular weight excluding hydrogens is 479 g/mol. The van der Waals surface area contributed by atoms with Crippen LogP contribution in [0.5, 0.6) is 0 Å². The van der Waals surface area contributed by atoms with Gasteiger partial charge in [0, 0.05) is 9.52 Å². The molecule has 2 aliphatic carbocycles. The van der Waals surface area contributed by atoms with E-state index in [1.165, 1.54) is 0 Å². The van der Waals surface area contributed by atoms with Gasteiger partial charge in [0.25, 0.3) is 0 Å². The molecule has 0 unspecified atom stereocenters. The second kappa shape index (κ2) is 11.9. The average Bonchev–Trinajstić information content (AvgIpc) is 3.03. The molecule has 0 amide bonds. The zero-order valence-electron chi connectivity index (χ0n) is 17.8. The predicted molar refractivity (Wildman–Crippen MR) is 109 cm³/mol. The fourth-order valence-corrected chi connectivity index (χ4v) is 4.34. The van der Waals surface area contributed by atoms with Crippen molar-refractivity contribution >= 4 is 25.7 Å². The third-order valence-electron chi connectivity index (χ3n) is 3.13. The van der Waals surface area contributed by atoms with E-state index in [-0.39, 0.29) is 28.7 Å². The molecule has 0 atom stereocenters. The van der Waals surface area contributed by atoms with Gasteiger partial charge in [0.15, 0.2) is 0 Å². The van der Waals surface area contributed by atoms with Crippen molar-refractivity contribution < 1.29 is 28.7 Å². The standard InChI is InChI=1S/2C8H13Si.C2H7Si.Hf.2H/c2*1-9(2,3)8-6-4-5-7-8;1-3-2;;;/h2*6-7H,4H2,1-3H3;3H,1-2H3;;;/q2*-1;;+4;2*-1. The first-order valence-electron chi connectivity index (χ1n) is 7.91. The molecule has 22 heavy (non-hydrogen) atoms. The Morgan fingerprint density at radius 3 is 1.18 bits per heavy atom. The average molecular weight is 514 g/mol. The largest absolute Gasteiger partial charge is 4.00 e. The first kappa shape index (κ1) is 24.7. The van der Waals surface area contributed by atoms with E-state index in [4.69, 9.17) is 0 Å². The zero-order valence-corrected chi connectivity index (χ0v) is 22.5. The molecule has 123 valence electrons. The maximum absolute atomic E-state index is 3.20. The van der Waals surface area contributed by atoms with Gasteiger partial charge in [0.1, 0.15) is 0 Å². The molecule has 0 aromatic carbocycles. The molecule has 0 aromatic heterocycles. The normalized spacial score (nSPS) is 15.8. The van der Waals surface area contributed by atoms with Crippen LogP contribution in [0.1, 0.15) is 15.7 Å². The van der Waals surface area contributed by atoms with Crippen LogP contribution in [0, 0.1) is 12.2 Å². The van der Waals surface area contributed by atoms with Crippen LogP contribution in [0.25, 0.3) is 0 Å². The fourth-order valence-electron chi connectivity index (χ4n) is 1.84. The van der Waals surface area contributed by atoms with E-state index in [9.17, 15) is 0 Å². The van der Waals surface area contributed by atoms with Crippen molar-refractivity contribution in [2.75, 3.05) is 0 Å². The minimum absolute atomic E-state index is 0. The quantitative estimate of drug-likeness (QED) is 0.321. The Hall–Kier alpha value is 0.481. The first-order valence-corrected chi connectivity index (χ1v) is 17.2. The van der Waals surface area contributed by atoms with E-state index in [0.29, 0.717) is 0 Å². The zero-order chi connectivity index (χ0) is 16.5. The topological polar surface area (TPSA) is 0 Å². The van der Waals surface area contributed by atoms with E-state index in [1.807, 2.05) is 0 Å². The third kappa shape index (κ3) is 11.1. The summed E-state index contributed by atoms with van der Waals surface area (Å²) >= 11 is 0. The van der Waals surface area contributed by atoms with E-state index >= 15 is 0 Å². The van der Waals surface area contributed by atoms with Gasteiger partial charge in [-0.25, -0.2) is 22.5 Å². The summed E-state index contributed by atoms with van der Waals surface area (Å²) in [5.41, 5.74) is 0. The van der Waals surface area contributed by atoms with Crippen LogP contribution in [-0.2, 0) is 25.8 Å². The number of rotatable bonds is 2. The summed E-state index contributed by atoms with van der Waals surface area (Å²) in [6.07, 6.45) is 17.4. The van der Waals surface area contributed by atoms with Crippen molar-refractivity contribution in [3.8, 4) is 0 Å². The van der Waals surface area contributed by atoms with Gasteiger partial charge in [-0.2, -0.15) is 12.2 Å². The second-order valence-electron chi connectivity index (χ2n) is 7.50. The summed E-state index contributed by atoms with van der Waals surface area (Å²) in [7, 11) is -1.21. The van der Waals surface area contributed by atoms with Crippen LogP contribution in [0.15, 0.2) is 34.7 Å². The molecule has 0 nitrogen and oxygen atoms in total. The van der Waals surface area contributed by atoms with E-state index in [1.54, 1.807) is 10.4 Å². The summed E-state index contributed by atoms with van der Waals surface area (Å²) in [6, 6.07) is 0. The molecule has 0 N–H and O–H groups in total. The summed E-state index contributed by atoms with van der Waals surface area (Å²) in [4.78, 5) is 0. The maximum atomic E-state index is 3.20. The van der Waals surface area contributed by atoms with Crippen molar-refractivity contribution in [3.05, 3.63) is 46.8 Å². The van der Waals surface area contributed by atoms with Gasteiger partial charge < -0.3 is 2.85 Å². The van der Waals surface area contributed by atoms with Gasteiger partial charge in [0.05, 0.1) is 0 Å². The Balaban J connectivity index is -0.000000130. The molecule has 2 aliphatic rings. The van der Waals surface area contributed by atoms with Crippen molar-refractivity contribution in [3.63, 3.8) is 0 Å². The summed E-state index contributed by atoms with van der Waals surface area (Å²) in [5, 5.41) is 3.12. The van der Waals surface area contributed by atoms with Crippen LogP contribution < -0.4 is 0 Å². The van der Waals surface area contributed by atoms with Crippen molar-refractivity contribution in [1.29, 1.82) is 0 Å². The Morgan fingerprint density at radius 2 is 1.09 bits per heavy atom. The molecule has 0 aromatic rings. The minimum Gasteiger partial charge on any atom is -1.00 e. The van der Waals surface area contributed by atoms with E-state index < -0.39 is 16.1 Å². The van der Waals surface area contributed by atoms with Gasteiger partial charge in [-0.05, 0) is 16.1 Å². The van der Waals surface area contributed by atoms with Crippen molar-refractivity contribution in [1.82, 2.24) is 0 Å². The molecule has 2 rings (SSSR count). The second-order valence-corrected chi connectivity index (χ2v) is 18.8. The molecule has 0 aliphatic heterocycles. The van der Waals surface area contributed by atoms with Crippen molar-refractivity contribution in [2.45, 2.75) is 65.2 Å². The Kier molecular flexibility index (Phi) is 13.4. The number of hydrogen-bond acceptors (Lipinski definition) is 0. The van der Waals surface area contributed by atoms with Gasteiger partial charge >= 0.3 is 25.8 Å². The van der Waals surface area contributed by atoms with Crippen LogP contribution in [0.2, 0.25) is 52.4 Å². The predicted octanol–water partition coefficient (Wildman–Crippen LogP) is 5.85. The molecule has 0 saturated carbocycles. The van der Waals surface area contributed by atoms with Gasteiger partial charge in [-0.3, -0.25) is 12.2 Å². The SMILES string of the molecule is C[SiH]C.C[Si](C)(C)C1=CC[C-]=C1.C[Si](C)(C)C1=CC[C-]=C1.[H-].[H-].[Hf+4]. The molecule has 1 radical (unpaired) electrons. The van der Waals surface area contributed by atoms with Gasteiger partial charge in [-0.1, -0.05) is 52.4 Å². The Morgan fingerprint density at radius 1 is 0.818 bits per heavy atom. The smallest absolute Gasteiger partial charge is 1.00 e. The summed E-state index contributed by atoms with van der Waals surface area (Å²) < 4.78 is 0. The van der Waals surface area contributed by atoms with Gasteiger partial charge in [0.2, 0.25) is 0 Å². The van der Waals surface area contributed by atoms with Gasteiger partial charge in [-0.15, -0.1) is 12.8 Å². The molecule has 4 heteroatoms. The fraction of sp³-hybridized carbons (Fsp3) is 0.556. The molecule has 0 saturated heterocycles. The third-order valence-corrected chi connectivity index (χ3v) is 7.29. The molecule has 0 spiro atoms. The molecule has 0 bridgehead atoms.